The molecule has 1 amide bonds. The van der Waals surface area contributed by atoms with Gasteiger partial charge in [0, 0.05) is 0 Å². The minimum Gasteiger partial charge on any atom is -0.360 e. The molecule has 1 N–H and O–H groups in total. The second kappa shape index (κ2) is 3.93. The molecule has 1 aliphatic rings. The average Bonchev–Trinajstić information content (AvgIpc) is 2.01. The van der Waals surface area contributed by atoms with Crippen molar-refractivity contribution in [3.8, 4) is 0 Å². The molecule has 0 saturated carbocycles. The van der Waals surface area contributed by atoms with Gasteiger partial charge in [-0.05, 0) is 0 Å². The summed E-state index contributed by atoms with van der Waals surface area (Å²) in [5.41, 5.74) is 0. The molecule has 5 heteroatoms. The third kappa shape index (κ3) is 2.55. The zero-order valence-corrected chi connectivity index (χ0v) is 5.99. The van der Waals surface area contributed by atoms with Crippen molar-refractivity contribution >= 4 is 19.4 Å². The molecule has 0 spiro atoms. The summed E-state index contributed by atoms with van der Waals surface area (Å²) in [6, 6.07) is 0. The summed E-state index contributed by atoms with van der Waals surface area (Å²) in [5, 5.41) is 2.40. The molecule has 1 radical (unpaired) electrons. The van der Waals surface area contributed by atoms with Crippen LogP contribution in [0, 0.1) is 0 Å². The van der Waals surface area contributed by atoms with E-state index in [0.717, 1.165) is 0 Å². The van der Waals surface area contributed by atoms with Gasteiger partial charge in [0.15, 0.2) is 5.81 Å². The molecule has 0 saturated heterocycles. The minimum absolute atomic E-state index is 0.186. The van der Waals surface area contributed by atoms with Gasteiger partial charge in [-0.2, -0.15) is 0 Å². The van der Waals surface area contributed by atoms with E-state index in [1.807, 2.05) is 0 Å². The Morgan fingerprint density at radius 3 is 3.45 bits per heavy atom. The summed E-state index contributed by atoms with van der Waals surface area (Å²) < 4.78 is 5.07. The van der Waals surface area contributed by atoms with Crippen LogP contribution in [0.15, 0.2) is 17.6 Å². The van der Waals surface area contributed by atoms with Crippen LogP contribution < -0.4 is 5.32 Å². The lowest BCUT2D eigenvalue weighted by Gasteiger charge is -2.13. The van der Waals surface area contributed by atoms with Crippen LogP contribution in [0.5, 0.6) is 0 Å². The lowest BCUT2D eigenvalue weighted by atomic mass is 9.74. The van der Waals surface area contributed by atoms with E-state index in [4.69, 9.17) is 4.74 Å². The Balaban J connectivity index is 2.34. The van der Waals surface area contributed by atoms with Crippen molar-refractivity contribution in [2.45, 2.75) is 6.13 Å². The predicted octanol–water partition coefficient (Wildman–Crippen LogP) is -0.0717. The Morgan fingerprint density at radius 2 is 2.82 bits per heavy atom. The molecular formula is C6H8BN2O2. The van der Waals surface area contributed by atoms with Crippen molar-refractivity contribution in [1.82, 2.24) is 5.32 Å². The number of amides is 1. The standard InChI is InChI=1S/C6H8BN2O2/c1-2-3-11-6-7-5(10)8-4-9-6/h2,4,6H,1,3H2,(H,8,9,10)/t6-/m1/s1. The predicted molar refractivity (Wildman–Crippen MR) is 42.7 cm³/mol. The smallest absolute Gasteiger partial charge is 0.300 e. The van der Waals surface area contributed by atoms with Crippen LogP contribution >= 0.6 is 0 Å². The Labute approximate surface area is 65.6 Å². The number of rotatable bonds is 3. The van der Waals surface area contributed by atoms with Gasteiger partial charge < -0.3 is 10.1 Å². The van der Waals surface area contributed by atoms with E-state index in [1.54, 1.807) is 6.08 Å². The van der Waals surface area contributed by atoms with E-state index in [1.165, 1.54) is 13.6 Å². The molecule has 1 rings (SSSR count). The van der Waals surface area contributed by atoms with Gasteiger partial charge in [0.1, 0.15) is 6.13 Å². The summed E-state index contributed by atoms with van der Waals surface area (Å²) in [6.45, 7) is 3.87. The number of hydrogen-bond acceptors (Lipinski definition) is 3. The Kier molecular flexibility index (Phi) is 2.86. The van der Waals surface area contributed by atoms with Crippen molar-refractivity contribution in [3.63, 3.8) is 0 Å². The van der Waals surface area contributed by atoms with Crippen LogP contribution in [-0.4, -0.2) is 32.2 Å². The summed E-state index contributed by atoms with van der Waals surface area (Å²) >= 11 is 0. The fourth-order valence-electron chi connectivity index (χ4n) is 0.653. The number of aliphatic imine (C=N–C) groups is 1. The average molecular weight is 151 g/mol. The largest absolute Gasteiger partial charge is 0.360 e. The van der Waals surface area contributed by atoms with Crippen LogP contribution in [0.2, 0.25) is 0 Å². The first-order chi connectivity index (χ1) is 5.33. The number of carbonyl (C=O) groups excluding carboxylic acids is 1. The van der Waals surface area contributed by atoms with Crippen LogP contribution in [0.4, 0.5) is 4.79 Å². The normalized spacial score (nSPS) is 22.2. The molecule has 1 heterocycles. The van der Waals surface area contributed by atoms with E-state index in [9.17, 15) is 4.79 Å². The first-order valence-electron chi connectivity index (χ1n) is 3.22. The van der Waals surface area contributed by atoms with Crippen molar-refractivity contribution in [2.24, 2.45) is 4.99 Å². The van der Waals surface area contributed by atoms with Gasteiger partial charge in [-0.1, -0.05) is 6.08 Å². The number of hydrogen-bond donors (Lipinski definition) is 1. The lowest BCUT2D eigenvalue weighted by molar-refractivity contribution is 0.136. The van der Waals surface area contributed by atoms with Gasteiger partial charge in [-0.25, -0.2) is 0 Å². The van der Waals surface area contributed by atoms with Crippen molar-refractivity contribution in [3.05, 3.63) is 12.7 Å². The molecule has 4 nitrogen and oxygen atoms in total. The number of ether oxygens (including phenoxy) is 1. The maximum absolute atomic E-state index is 10.7. The van der Waals surface area contributed by atoms with Crippen molar-refractivity contribution < 1.29 is 9.53 Å². The van der Waals surface area contributed by atoms with E-state index in [-0.39, 0.29) is 5.81 Å². The second-order valence-electron chi connectivity index (χ2n) is 1.97. The summed E-state index contributed by atoms with van der Waals surface area (Å²) in [7, 11) is 1.36. The molecule has 0 aliphatic carbocycles. The highest BCUT2D eigenvalue weighted by atomic mass is 16.5. The maximum atomic E-state index is 10.7. The van der Waals surface area contributed by atoms with E-state index >= 15 is 0 Å². The summed E-state index contributed by atoms with van der Waals surface area (Å²) in [5.74, 6) is -0.186. The van der Waals surface area contributed by atoms with E-state index < -0.39 is 6.13 Å². The van der Waals surface area contributed by atoms with Gasteiger partial charge in [0.05, 0.1) is 12.9 Å². The fraction of sp³-hybridized carbons (Fsp3) is 0.333. The molecule has 57 valence electrons. The molecule has 0 unspecified atom stereocenters. The van der Waals surface area contributed by atoms with Crippen LogP contribution in [-0.2, 0) is 4.74 Å². The van der Waals surface area contributed by atoms with Gasteiger partial charge in [0.2, 0.25) is 0 Å². The number of nitrogens with zero attached hydrogens (tertiary/aromatic N) is 1. The van der Waals surface area contributed by atoms with Crippen LogP contribution in [0.3, 0.4) is 0 Å². The monoisotopic (exact) mass is 151 g/mol. The maximum Gasteiger partial charge on any atom is 0.300 e. The molecule has 0 aromatic carbocycles. The van der Waals surface area contributed by atoms with Crippen molar-refractivity contribution in [2.75, 3.05) is 6.61 Å². The molecule has 0 aromatic heterocycles. The Morgan fingerprint density at radius 1 is 2.00 bits per heavy atom. The molecule has 1 atom stereocenters. The quantitative estimate of drug-likeness (QED) is 0.453. The first-order valence-corrected chi connectivity index (χ1v) is 3.22. The Bertz CT molecular complexity index is 193. The van der Waals surface area contributed by atoms with E-state index in [2.05, 4.69) is 16.9 Å². The van der Waals surface area contributed by atoms with Gasteiger partial charge in [-0.15, -0.1) is 6.58 Å². The van der Waals surface area contributed by atoms with Crippen LogP contribution in [0.1, 0.15) is 0 Å². The SMILES string of the molecule is C=CCO[C@@H]1[B]C(=O)NC=N1. The fourth-order valence-corrected chi connectivity index (χ4v) is 0.653. The second-order valence-corrected chi connectivity index (χ2v) is 1.97. The Hall–Kier alpha value is -1.10. The summed E-state index contributed by atoms with van der Waals surface area (Å²) in [6.07, 6.45) is 2.48. The highest BCUT2D eigenvalue weighted by Gasteiger charge is 2.17. The highest BCUT2D eigenvalue weighted by Crippen LogP contribution is 1.94. The molecular weight excluding hydrogens is 143 g/mol. The minimum atomic E-state index is -0.457. The zero-order valence-electron chi connectivity index (χ0n) is 5.99. The highest BCUT2D eigenvalue weighted by molar-refractivity contribution is 6.75. The van der Waals surface area contributed by atoms with E-state index in [0.29, 0.717) is 6.61 Å². The molecule has 0 aromatic rings. The van der Waals surface area contributed by atoms with Crippen molar-refractivity contribution in [1.29, 1.82) is 0 Å². The number of nitrogens with one attached hydrogen (secondary N) is 1. The lowest BCUT2D eigenvalue weighted by Crippen LogP contribution is -2.39. The summed E-state index contributed by atoms with van der Waals surface area (Å²) in [4.78, 5) is 14.5. The van der Waals surface area contributed by atoms with Crippen LogP contribution in [0.25, 0.3) is 0 Å². The topological polar surface area (TPSA) is 50.7 Å². The third-order valence-corrected chi connectivity index (χ3v) is 1.11. The van der Waals surface area contributed by atoms with Gasteiger partial charge in [-0.3, -0.25) is 9.79 Å². The molecule has 1 aliphatic heterocycles. The zero-order chi connectivity index (χ0) is 8.10. The van der Waals surface area contributed by atoms with Gasteiger partial charge >= 0.3 is 0 Å². The third-order valence-electron chi connectivity index (χ3n) is 1.11. The molecule has 11 heavy (non-hydrogen) atoms. The number of carbonyl (C=O) groups is 1. The molecule has 0 bridgehead atoms. The molecule has 0 fully saturated rings. The first kappa shape index (κ1) is 8.01. The van der Waals surface area contributed by atoms with Gasteiger partial charge in [0.25, 0.3) is 7.28 Å².